The lowest BCUT2D eigenvalue weighted by Crippen LogP contribution is -1.89. The number of benzene rings is 2. The SMILES string of the molecule is Clc1cc(Cl)cc(Oc2cc(Cl)ccc2CBr)c1. The molecule has 1 nitrogen and oxygen atoms in total. The molecule has 0 saturated carbocycles. The summed E-state index contributed by atoms with van der Waals surface area (Å²) in [5.41, 5.74) is 0.996. The third-order valence-corrected chi connectivity index (χ3v) is 3.51. The van der Waals surface area contributed by atoms with Gasteiger partial charge < -0.3 is 4.74 Å². The maximum Gasteiger partial charge on any atom is 0.132 e. The third kappa shape index (κ3) is 3.55. The molecule has 0 heterocycles. The average Bonchev–Trinajstić information content (AvgIpc) is 2.27. The molecule has 2 aromatic carbocycles. The lowest BCUT2D eigenvalue weighted by atomic mass is 10.2. The first kappa shape index (κ1) is 14.0. The Morgan fingerprint density at radius 3 is 2.17 bits per heavy atom. The fourth-order valence-electron chi connectivity index (χ4n) is 1.45. The van der Waals surface area contributed by atoms with Gasteiger partial charge in [-0.25, -0.2) is 0 Å². The molecule has 18 heavy (non-hydrogen) atoms. The Morgan fingerprint density at radius 1 is 0.889 bits per heavy atom. The topological polar surface area (TPSA) is 9.23 Å². The Kier molecular flexibility index (Phi) is 4.79. The van der Waals surface area contributed by atoms with Crippen LogP contribution in [0.4, 0.5) is 0 Å². The number of hydrogen-bond donors (Lipinski definition) is 0. The minimum atomic E-state index is 0.528. The van der Waals surface area contributed by atoms with Crippen molar-refractivity contribution < 1.29 is 4.74 Å². The highest BCUT2D eigenvalue weighted by molar-refractivity contribution is 9.08. The van der Waals surface area contributed by atoms with E-state index >= 15 is 0 Å². The number of halogens is 4. The van der Waals surface area contributed by atoms with Gasteiger partial charge in [-0.3, -0.25) is 0 Å². The molecule has 0 N–H and O–H groups in total. The van der Waals surface area contributed by atoms with Crippen LogP contribution < -0.4 is 4.74 Å². The van der Waals surface area contributed by atoms with E-state index in [1.807, 2.05) is 12.1 Å². The van der Waals surface area contributed by atoms with Crippen molar-refractivity contribution in [3.63, 3.8) is 0 Å². The van der Waals surface area contributed by atoms with E-state index in [9.17, 15) is 0 Å². The fourth-order valence-corrected chi connectivity index (χ4v) is 2.58. The molecule has 0 radical (unpaired) electrons. The summed E-state index contributed by atoms with van der Waals surface area (Å²) in [5, 5.41) is 2.34. The van der Waals surface area contributed by atoms with E-state index in [4.69, 9.17) is 39.5 Å². The monoisotopic (exact) mass is 364 g/mol. The molecular formula is C13H8BrCl3O. The summed E-state index contributed by atoms with van der Waals surface area (Å²) in [7, 11) is 0. The highest BCUT2D eigenvalue weighted by Gasteiger charge is 2.06. The van der Waals surface area contributed by atoms with Gasteiger partial charge in [0.15, 0.2) is 0 Å². The van der Waals surface area contributed by atoms with Gasteiger partial charge in [-0.15, -0.1) is 0 Å². The Labute approximate surface area is 129 Å². The number of alkyl halides is 1. The van der Waals surface area contributed by atoms with Crippen LogP contribution in [0.25, 0.3) is 0 Å². The lowest BCUT2D eigenvalue weighted by molar-refractivity contribution is 0.479. The summed E-state index contributed by atoms with van der Waals surface area (Å²) in [4.78, 5) is 0. The van der Waals surface area contributed by atoms with Crippen LogP contribution in [0.1, 0.15) is 5.56 Å². The van der Waals surface area contributed by atoms with Crippen molar-refractivity contribution in [1.82, 2.24) is 0 Å². The van der Waals surface area contributed by atoms with Crippen molar-refractivity contribution >= 4 is 50.7 Å². The Morgan fingerprint density at radius 2 is 1.56 bits per heavy atom. The molecule has 0 aliphatic rings. The van der Waals surface area contributed by atoms with Crippen LogP contribution in [-0.4, -0.2) is 0 Å². The van der Waals surface area contributed by atoms with Crippen LogP contribution in [0.2, 0.25) is 15.1 Å². The molecule has 0 aliphatic carbocycles. The van der Waals surface area contributed by atoms with Crippen molar-refractivity contribution in [2.45, 2.75) is 5.33 Å². The molecular weight excluding hydrogens is 358 g/mol. The predicted octanol–water partition coefficient (Wildman–Crippen LogP) is 6.33. The third-order valence-electron chi connectivity index (χ3n) is 2.24. The van der Waals surface area contributed by atoms with Crippen LogP contribution in [-0.2, 0) is 5.33 Å². The minimum absolute atomic E-state index is 0.528. The zero-order valence-corrected chi connectivity index (χ0v) is 12.9. The summed E-state index contributed by atoms with van der Waals surface area (Å²) in [6.45, 7) is 0. The summed E-state index contributed by atoms with van der Waals surface area (Å²) in [6.07, 6.45) is 0. The van der Waals surface area contributed by atoms with E-state index in [1.54, 1.807) is 24.3 Å². The summed E-state index contributed by atoms with van der Waals surface area (Å²) < 4.78 is 5.76. The highest BCUT2D eigenvalue weighted by atomic mass is 79.9. The molecule has 5 heteroatoms. The normalized spacial score (nSPS) is 10.4. The molecule has 0 saturated heterocycles. The van der Waals surface area contributed by atoms with Crippen LogP contribution in [0.5, 0.6) is 11.5 Å². The van der Waals surface area contributed by atoms with Crippen LogP contribution in [0.3, 0.4) is 0 Å². The minimum Gasteiger partial charge on any atom is -0.457 e. The molecule has 0 aromatic heterocycles. The van der Waals surface area contributed by atoms with Crippen molar-refractivity contribution in [1.29, 1.82) is 0 Å². The molecule has 0 amide bonds. The molecule has 0 aliphatic heterocycles. The highest BCUT2D eigenvalue weighted by Crippen LogP contribution is 2.32. The Balaban J connectivity index is 2.35. The molecule has 94 valence electrons. The van der Waals surface area contributed by atoms with Gasteiger partial charge in [0.1, 0.15) is 11.5 Å². The number of hydrogen-bond acceptors (Lipinski definition) is 1. The first-order valence-electron chi connectivity index (χ1n) is 5.07. The van der Waals surface area contributed by atoms with Crippen molar-refractivity contribution in [2.24, 2.45) is 0 Å². The second-order valence-corrected chi connectivity index (χ2v) is 5.46. The first-order valence-corrected chi connectivity index (χ1v) is 7.32. The van der Waals surface area contributed by atoms with Crippen molar-refractivity contribution in [3.05, 3.63) is 57.0 Å². The quantitative estimate of drug-likeness (QED) is 0.576. The van der Waals surface area contributed by atoms with E-state index in [2.05, 4.69) is 15.9 Å². The van der Waals surface area contributed by atoms with Gasteiger partial charge in [-0.2, -0.15) is 0 Å². The summed E-state index contributed by atoms with van der Waals surface area (Å²) >= 11 is 21.2. The van der Waals surface area contributed by atoms with Crippen LogP contribution in [0.15, 0.2) is 36.4 Å². The molecule has 0 atom stereocenters. The molecule has 0 bridgehead atoms. The summed E-state index contributed by atoms with van der Waals surface area (Å²) in [5.74, 6) is 1.26. The second-order valence-electron chi connectivity index (χ2n) is 3.59. The number of ether oxygens (including phenoxy) is 1. The van der Waals surface area contributed by atoms with Gasteiger partial charge in [0.05, 0.1) is 0 Å². The van der Waals surface area contributed by atoms with Gasteiger partial charge in [0.25, 0.3) is 0 Å². The van der Waals surface area contributed by atoms with Crippen molar-refractivity contribution in [3.8, 4) is 11.5 Å². The molecule has 0 spiro atoms. The standard InChI is InChI=1S/C13H8BrCl3O/c14-7-8-1-2-9(15)6-13(8)18-12-4-10(16)3-11(17)5-12/h1-6H,7H2. The second kappa shape index (κ2) is 6.16. The van der Waals surface area contributed by atoms with E-state index in [1.165, 1.54) is 0 Å². The van der Waals surface area contributed by atoms with E-state index in [0.717, 1.165) is 5.56 Å². The van der Waals surface area contributed by atoms with Gasteiger partial charge in [0, 0.05) is 26.0 Å². The zero-order chi connectivity index (χ0) is 13.1. The first-order chi connectivity index (χ1) is 8.58. The fraction of sp³-hybridized carbons (Fsp3) is 0.0769. The van der Waals surface area contributed by atoms with Gasteiger partial charge in [-0.1, -0.05) is 56.8 Å². The van der Waals surface area contributed by atoms with Gasteiger partial charge in [0.2, 0.25) is 0 Å². The zero-order valence-electron chi connectivity index (χ0n) is 9.09. The molecule has 0 fully saturated rings. The molecule has 2 rings (SSSR count). The van der Waals surface area contributed by atoms with Crippen LogP contribution >= 0.6 is 50.7 Å². The van der Waals surface area contributed by atoms with E-state index in [-0.39, 0.29) is 0 Å². The summed E-state index contributed by atoms with van der Waals surface area (Å²) in [6, 6.07) is 10.5. The molecule has 2 aromatic rings. The van der Waals surface area contributed by atoms with E-state index < -0.39 is 0 Å². The maximum atomic E-state index is 5.96. The Hall–Kier alpha value is -0.410. The van der Waals surface area contributed by atoms with Gasteiger partial charge in [-0.05, 0) is 30.3 Å². The van der Waals surface area contributed by atoms with Gasteiger partial charge >= 0.3 is 0 Å². The Bertz CT molecular complexity index is 552. The van der Waals surface area contributed by atoms with Crippen molar-refractivity contribution in [2.75, 3.05) is 0 Å². The average molecular weight is 366 g/mol. The maximum absolute atomic E-state index is 5.96. The smallest absolute Gasteiger partial charge is 0.132 e. The lowest BCUT2D eigenvalue weighted by Gasteiger charge is -2.10. The van der Waals surface area contributed by atoms with Crippen LogP contribution in [0, 0.1) is 0 Å². The number of rotatable bonds is 3. The molecule has 0 unspecified atom stereocenters. The van der Waals surface area contributed by atoms with E-state index in [0.29, 0.717) is 31.9 Å². The largest absolute Gasteiger partial charge is 0.457 e. The predicted molar refractivity (Wildman–Crippen MR) is 80.6 cm³/mol.